The van der Waals surface area contributed by atoms with E-state index >= 15 is 0 Å². The average Bonchev–Trinajstić information content (AvgIpc) is 2.85. The van der Waals surface area contributed by atoms with Crippen LogP contribution in [0.4, 0.5) is 0 Å². The van der Waals surface area contributed by atoms with Crippen LogP contribution in [0.1, 0.15) is 12.0 Å². The number of carboxylic acid groups (broad SMARTS) is 1. The smallest absolute Gasteiger partial charge is 0.304 e. The number of nitrogens with zero attached hydrogens (tertiary/aromatic N) is 4. The quantitative estimate of drug-likeness (QED) is 0.939. The molecule has 1 unspecified atom stereocenters. The van der Waals surface area contributed by atoms with Gasteiger partial charge >= 0.3 is 5.97 Å². The molecule has 0 spiro atoms. The minimum Gasteiger partial charge on any atom is -0.481 e. The molecule has 0 bridgehead atoms. The highest BCUT2D eigenvalue weighted by Crippen LogP contribution is 2.31. The lowest BCUT2D eigenvalue weighted by molar-refractivity contribution is -0.136. The van der Waals surface area contributed by atoms with Crippen molar-refractivity contribution in [2.45, 2.75) is 16.8 Å². The number of hydrogen-bond donors (Lipinski definition) is 1. The predicted octanol–water partition coefficient (Wildman–Crippen LogP) is 2.13. The number of fused-ring (bicyclic) bond motifs is 1. The maximum absolute atomic E-state index is 11.0. The van der Waals surface area contributed by atoms with Crippen LogP contribution in [0.15, 0.2) is 40.9 Å². The first kappa shape index (κ1) is 13.1. The molecule has 0 radical (unpaired) electrons. The summed E-state index contributed by atoms with van der Waals surface area (Å²) >= 11 is 7.21. The van der Waals surface area contributed by atoms with Gasteiger partial charge in [-0.05, 0) is 17.7 Å². The Kier molecular flexibility index (Phi) is 3.45. The Morgan fingerprint density at radius 1 is 1.40 bits per heavy atom. The molecule has 2 heterocycles. The van der Waals surface area contributed by atoms with Gasteiger partial charge in [-0.3, -0.25) is 4.79 Å². The lowest BCUT2D eigenvalue weighted by atomic mass is 10.1. The second-order valence-corrected chi connectivity index (χ2v) is 5.76. The summed E-state index contributed by atoms with van der Waals surface area (Å²) in [5.74, 6) is -0.878. The van der Waals surface area contributed by atoms with Gasteiger partial charge in [0.1, 0.15) is 6.33 Å². The number of rotatable bonds is 3. The molecule has 8 heteroatoms. The first-order valence-electron chi connectivity index (χ1n) is 5.77. The van der Waals surface area contributed by atoms with E-state index in [9.17, 15) is 4.79 Å². The van der Waals surface area contributed by atoms with E-state index in [-0.39, 0.29) is 11.7 Å². The highest BCUT2D eigenvalue weighted by Gasteiger charge is 2.28. The highest BCUT2D eigenvalue weighted by molar-refractivity contribution is 8.00. The topological polar surface area (TPSA) is 80.4 Å². The average molecular weight is 309 g/mol. The number of thioether (sulfide) groups is 1. The Bertz CT molecular complexity index is 683. The van der Waals surface area contributed by atoms with Crippen LogP contribution >= 0.6 is 23.4 Å². The van der Waals surface area contributed by atoms with Crippen molar-refractivity contribution in [1.29, 1.82) is 0 Å². The van der Waals surface area contributed by atoms with Crippen molar-refractivity contribution in [1.82, 2.24) is 14.9 Å². The maximum Gasteiger partial charge on any atom is 0.304 e. The fraction of sp³-hybridized carbons (Fsp3) is 0.167. The molecule has 2 aromatic rings. The van der Waals surface area contributed by atoms with Gasteiger partial charge in [0.15, 0.2) is 0 Å². The number of benzene rings is 1. The van der Waals surface area contributed by atoms with Crippen molar-refractivity contribution in [3.63, 3.8) is 0 Å². The number of aliphatic carboxylic acids is 1. The Morgan fingerprint density at radius 2 is 2.15 bits per heavy atom. The third-order valence-corrected chi connectivity index (χ3v) is 4.17. The van der Waals surface area contributed by atoms with Gasteiger partial charge in [-0.15, -0.1) is 10.2 Å². The third-order valence-electron chi connectivity index (χ3n) is 2.77. The zero-order chi connectivity index (χ0) is 14.1. The SMILES string of the molecule is O=C(O)CC1Sc2nncn2N=C1c1ccc(Cl)cc1. The van der Waals surface area contributed by atoms with Crippen LogP contribution in [-0.2, 0) is 4.79 Å². The van der Waals surface area contributed by atoms with E-state index in [4.69, 9.17) is 16.7 Å². The lowest BCUT2D eigenvalue weighted by Gasteiger charge is -2.21. The van der Waals surface area contributed by atoms with Crippen LogP contribution in [0.5, 0.6) is 0 Å². The summed E-state index contributed by atoms with van der Waals surface area (Å²) in [5.41, 5.74) is 1.52. The molecule has 0 saturated carbocycles. The highest BCUT2D eigenvalue weighted by atomic mass is 35.5. The molecule has 1 aromatic heterocycles. The van der Waals surface area contributed by atoms with Crippen molar-refractivity contribution in [2.75, 3.05) is 0 Å². The molecule has 1 aromatic carbocycles. The summed E-state index contributed by atoms with van der Waals surface area (Å²) in [6.07, 6.45) is 1.47. The molecular formula is C12H9ClN4O2S. The molecule has 1 aliphatic heterocycles. The number of hydrogen-bond acceptors (Lipinski definition) is 5. The second kappa shape index (κ2) is 5.26. The molecule has 0 saturated heterocycles. The van der Waals surface area contributed by atoms with E-state index in [1.807, 2.05) is 12.1 Å². The van der Waals surface area contributed by atoms with E-state index in [0.29, 0.717) is 15.9 Å². The molecule has 20 heavy (non-hydrogen) atoms. The fourth-order valence-electron chi connectivity index (χ4n) is 1.89. The molecular weight excluding hydrogens is 300 g/mol. The van der Waals surface area contributed by atoms with E-state index in [1.165, 1.54) is 18.1 Å². The number of carbonyl (C=O) groups is 1. The van der Waals surface area contributed by atoms with Crippen LogP contribution in [0, 0.1) is 0 Å². The number of carboxylic acids is 1. The minimum absolute atomic E-state index is 0.0288. The molecule has 0 aliphatic carbocycles. The van der Waals surface area contributed by atoms with Crippen molar-refractivity contribution < 1.29 is 9.90 Å². The summed E-state index contributed by atoms with van der Waals surface area (Å²) < 4.78 is 1.55. The first-order valence-corrected chi connectivity index (χ1v) is 7.02. The van der Waals surface area contributed by atoms with Crippen molar-refractivity contribution in [3.05, 3.63) is 41.2 Å². The monoisotopic (exact) mass is 308 g/mol. The van der Waals surface area contributed by atoms with Gasteiger partial charge in [0.25, 0.3) is 0 Å². The van der Waals surface area contributed by atoms with E-state index in [0.717, 1.165) is 5.56 Å². The number of halogens is 1. The molecule has 3 rings (SSSR count). The van der Waals surface area contributed by atoms with Gasteiger partial charge in [-0.25, -0.2) is 0 Å². The van der Waals surface area contributed by atoms with E-state index in [2.05, 4.69) is 15.3 Å². The largest absolute Gasteiger partial charge is 0.481 e. The van der Waals surface area contributed by atoms with Gasteiger partial charge in [-0.1, -0.05) is 35.5 Å². The zero-order valence-corrected chi connectivity index (χ0v) is 11.7. The molecule has 6 nitrogen and oxygen atoms in total. The lowest BCUT2D eigenvalue weighted by Crippen LogP contribution is -2.26. The standard InChI is InChI=1S/C12H9ClN4O2S/c13-8-3-1-7(2-4-8)11-9(5-10(18)19)20-12-15-14-6-17(12)16-11/h1-4,6,9H,5H2,(H,18,19). The molecule has 0 amide bonds. The second-order valence-electron chi connectivity index (χ2n) is 4.15. The van der Waals surface area contributed by atoms with Gasteiger partial charge in [-0.2, -0.15) is 9.78 Å². The first-order chi connectivity index (χ1) is 9.63. The van der Waals surface area contributed by atoms with Crippen LogP contribution in [-0.4, -0.2) is 36.9 Å². The summed E-state index contributed by atoms with van der Waals surface area (Å²) in [7, 11) is 0. The van der Waals surface area contributed by atoms with Gasteiger partial charge in [0, 0.05) is 5.02 Å². The molecule has 1 aliphatic rings. The van der Waals surface area contributed by atoms with Crippen molar-refractivity contribution >= 4 is 35.0 Å². The summed E-state index contributed by atoms with van der Waals surface area (Å²) in [6, 6.07) is 7.16. The van der Waals surface area contributed by atoms with Crippen molar-refractivity contribution in [2.24, 2.45) is 5.10 Å². The van der Waals surface area contributed by atoms with Crippen molar-refractivity contribution in [3.8, 4) is 0 Å². The predicted molar refractivity (Wildman–Crippen MR) is 75.3 cm³/mol. The molecule has 1 atom stereocenters. The third kappa shape index (κ3) is 2.54. The van der Waals surface area contributed by atoms with Gasteiger partial charge in [0.05, 0.1) is 17.4 Å². The Labute approximate surface area is 123 Å². The van der Waals surface area contributed by atoms with Gasteiger partial charge in [0.2, 0.25) is 5.16 Å². The van der Waals surface area contributed by atoms with Crippen LogP contribution in [0.2, 0.25) is 5.02 Å². The number of aromatic nitrogens is 3. The van der Waals surface area contributed by atoms with Crippen LogP contribution in [0.25, 0.3) is 0 Å². The van der Waals surface area contributed by atoms with E-state index < -0.39 is 5.97 Å². The molecule has 0 fully saturated rings. The normalized spacial score (nSPS) is 17.4. The van der Waals surface area contributed by atoms with Crippen LogP contribution in [0.3, 0.4) is 0 Å². The summed E-state index contributed by atoms with van der Waals surface area (Å²) in [6.45, 7) is 0. The van der Waals surface area contributed by atoms with Crippen LogP contribution < -0.4 is 0 Å². The molecule has 102 valence electrons. The Hall–Kier alpha value is -1.86. The fourth-order valence-corrected chi connectivity index (χ4v) is 3.08. The Morgan fingerprint density at radius 3 is 2.85 bits per heavy atom. The minimum atomic E-state index is -0.878. The van der Waals surface area contributed by atoms with E-state index in [1.54, 1.807) is 16.8 Å². The Balaban J connectivity index is 2.03. The summed E-state index contributed by atoms with van der Waals surface area (Å²) in [5, 5.41) is 22.1. The summed E-state index contributed by atoms with van der Waals surface area (Å²) in [4.78, 5) is 11.0. The van der Waals surface area contributed by atoms with Gasteiger partial charge < -0.3 is 5.11 Å². The zero-order valence-electron chi connectivity index (χ0n) is 10.1. The molecule has 1 N–H and O–H groups in total. The maximum atomic E-state index is 11.0.